The Bertz CT molecular complexity index is 547. The third-order valence-corrected chi connectivity index (χ3v) is 3.35. The van der Waals surface area contributed by atoms with Crippen LogP contribution in [0.25, 0.3) is 0 Å². The van der Waals surface area contributed by atoms with Crippen molar-refractivity contribution in [3.05, 3.63) is 57.5 Å². The van der Waals surface area contributed by atoms with Gasteiger partial charge in [0.2, 0.25) is 0 Å². The van der Waals surface area contributed by atoms with Gasteiger partial charge in [-0.3, -0.25) is 0 Å². The van der Waals surface area contributed by atoms with Gasteiger partial charge in [0.15, 0.2) is 4.67 Å². The van der Waals surface area contributed by atoms with Crippen molar-refractivity contribution >= 4 is 15.9 Å². The smallest absolute Gasteiger partial charge is 0.169 e. The molecule has 0 radical (unpaired) electrons. The van der Waals surface area contributed by atoms with Gasteiger partial charge in [-0.05, 0) is 44.8 Å². The Morgan fingerprint density at radius 3 is 2.71 bits per heavy atom. The van der Waals surface area contributed by atoms with Gasteiger partial charge in [0.05, 0.1) is 13.2 Å². The Morgan fingerprint density at radius 1 is 1.12 bits per heavy atom. The fourth-order valence-electron chi connectivity index (χ4n) is 2.00. The largest absolute Gasteiger partial charge is 0.451 e. The zero-order chi connectivity index (χ0) is 11.8. The first-order chi connectivity index (χ1) is 8.24. The minimum absolute atomic E-state index is 0.538. The Hall–Kier alpha value is -1.10. The third kappa shape index (κ3) is 2.04. The summed E-state index contributed by atoms with van der Waals surface area (Å²) in [5, 5.41) is 10.2. The lowest BCUT2D eigenvalue weighted by Crippen LogP contribution is -1.99. The molecular formula is C13H11BrO3. The van der Waals surface area contributed by atoms with Gasteiger partial charge in [0.1, 0.15) is 11.9 Å². The van der Waals surface area contributed by atoms with Crippen LogP contribution in [-0.4, -0.2) is 5.11 Å². The zero-order valence-electron chi connectivity index (χ0n) is 9.02. The van der Waals surface area contributed by atoms with Crippen molar-refractivity contribution < 1.29 is 14.3 Å². The number of halogens is 1. The third-order valence-electron chi connectivity index (χ3n) is 2.92. The molecule has 0 bridgehead atoms. The van der Waals surface area contributed by atoms with E-state index in [9.17, 15) is 5.11 Å². The van der Waals surface area contributed by atoms with Crippen LogP contribution >= 0.6 is 15.9 Å². The number of hydrogen-bond acceptors (Lipinski definition) is 3. The number of furan rings is 1. The number of fused-ring (bicyclic) bond motifs is 1. The molecule has 0 amide bonds. The van der Waals surface area contributed by atoms with Crippen LogP contribution in [0.3, 0.4) is 0 Å². The molecule has 0 fully saturated rings. The van der Waals surface area contributed by atoms with Crippen molar-refractivity contribution in [1.82, 2.24) is 0 Å². The second-order valence-electron chi connectivity index (χ2n) is 4.07. The summed E-state index contributed by atoms with van der Waals surface area (Å²) < 4.78 is 11.3. The number of aliphatic hydroxyl groups excluding tert-OH is 1. The number of benzene rings is 1. The van der Waals surface area contributed by atoms with Gasteiger partial charge in [0, 0.05) is 0 Å². The molecule has 2 aromatic rings. The highest BCUT2D eigenvalue weighted by molar-refractivity contribution is 9.10. The van der Waals surface area contributed by atoms with Crippen molar-refractivity contribution in [2.45, 2.75) is 19.3 Å². The normalized spacial score (nSPS) is 15.9. The molecule has 1 aromatic carbocycles. The van der Waals surface area contributed by atoms with E-state index in [1.165, 1.54) is 5.56 Å². The fraction of sp³-hybridized carbons (Fsp3) is 0.231. The van der Waals surface area contributed by atoms with Crippen LogP contribution in [0.2, 0.25) is 0 Å². The van der Waals surface area contributed by atoms with Gasteiger partial charge < -0.3 is 14.3 Å². The van der Waals surface area contributed by atoms with Crippen LogP contribution in [0.1, 0.15) is 28.6 Å². The first-order valence-electron chi connectivity index (χ1n) is 5.37. The standard InChI is InChI=1S/C13H11BrO3/c14-12-4-3-11(17-12)13(15)8-1-2-9-6-16-7-10(9)5-8/h1-5,13,15H,6-7H2. The van der Waals surface area contributed by atoms with E-state index in [-0.39, 0.29) is 0 Å². The van der Waals surface area contributed by atoms with E-state index in [0.29, 0.717) is 23.6 Å². The summed E-state index contributed by atoms with van der Waals surface area (Å²) in [6.45, 7) is 1.29. The monoisotopic (exact) mass is 294 g/mol. The van der Waals surface area contributed by atoms with Crippen LogP contribution in [0.4, 0.5) is 0 Å². The number of ether oxygens (including phenoxy) is 1. The predicted octanol–water partition coefficient (Wildman–Crippen LogP) is 3.15. The first kappa shape index (κ1) is 11.0. The molecule has 0 aliphatic carbocycles. The van der Waals surface area contributed by atoms with Crippen molar-refractivity contribution in [3.63, 3.8) is 0 Å². The molecule has 1 aliphatic rings. The van der Waals surface area contributed by atoms with Gasteiger partial charge in [-0.15, -0.1) is 0 Å². The highest BCUT2D eigenvalue weighted by Gasteiger charge is 2.18. The zero-order valence-corrected chi connectivity index (χ0v) is 10.6. The van der Waals surface area contributed by atoms with E-state index >= 15 is 0 Å². The molecule has 0 spiro atoms. The molecule has 4 heteroatoms. The van der Waals surface area contributed by atoms with E-state index in [4.69, 9.17) is 9.15 Å². The maximum Gasteiger partial charge on any atom is 0.169 e. The maximum atomic E-state index is 10.2. The molecule has 3 nitrogen and oxygen atoms in total. The highest BCUT2D eigenvalue weighted by atomic mass is 79.9. The first-order valence-corrected chi connectivity index (χ1v) is 6.16. The van der Waals surface area contributed by atoms with Crippen molar-refractivity contribution in [2.75, 3.05) is 0 Å². The molecule has 1 unspecified atom stereocenters. The van der Waals surface area contributed by atoms with E-state index in [1.54, 1.807) is 12.1 Å². The molecule has 88 valence electrons. The molecule has 2 heterocycles. The minimum Gasteiger partial charge on any atom is -0.451 e. The molecule has 1 aromatic heterocycles. The molecule has 0 saturated carbocycles. The molecule has 17 heavy (non-hydrogen) atoms. The van der Waals surface area contributed by atoms with Crippen LogP contribution in [0.15, 0.2) is 39.4 Å². The van der Waals surface area contributed by atoms with Crippen LogP contribution in [0.5, 0.6) is 0 Å². The minimum atomic E-state index is -0.729. The van der Waals surface area contributed by atoms with Gasteiger partial charge >= 0.3 is 0 Å². The lowest BCUT2D eigenvalue weighted by Gasteiger charge is -2.09. The van der Waals surface area contributed by atoms with Crippen LogP contribution in [0, 0.1) is 0 Å². The molecular weight excluding hydrogens is 284 g/mol. The lowest BCUT2D eigenvalue weighted by atomic mass is 10.0. The SMILES string of the molecule is OC(c1ccc2c(c1)COC2)c1ccc(Br)o1. The summed E-state index contributed by atoms with van der Waals surface area (Å²) in [6.07, 6.45) is -0.729. The molecule has 3 rings (SSSR count). The van der Waals surface area contributed by atoms with Gasteiger partial charge in [0.25, 0.3) is 0 Å². The number of hydrogen-bond donors (Lipinski definition) is 1. The summed E-state index contributed by atoms with van der Waals surface area (Å²) in [4.78, 5) is 0. The topological polar surface area (TPSA) is 42.6 Å². The second-order valence-corrected chi connectivity index (χ2v) is 4.85. The second kappa shape index (κ2) is 4.29. The molecule has 1 N–H and O–H groups in total. The average Bonchev–Trinajstić information content (AvgIpc) is 2.95. The quantitative estimate of drug-likeness (QED) is 0.925. The summed E-state index contributed by atoms with van der Waals surface area (Å²) in [5.74, 6) is 0.538. The van der Waals surface area contributed by atoms with Gasteiger partial charge in [-0.1, -0.05) is 18.2 Å². The van der Waals surface area contributed by atoms with E-state index in [2.05, 4.69) is 15.9 Å². The molecule has 1 aliphatic heterocycles. The van der Waals surface area contributed by atoms with Crippen molar-refractivity contribution in [2.24, 2.45) is 0 Å². The van der Waals surface area contributed by atoms with Gasteiger partial charge in [-0.25, -0.2) is 0 Å². The fourth-order valence-corrected chi connectivity index (χ4v) is 2.32. The Morgan fingerprint density at radius 2 is 1.94 bits per heavy atom. The molecule has 0 saturated heterocycles. The average molecular weight is 295 g/mol. The van der Waals surface area contributed by atoms with E-state index in [1.807, 2.05) is 18.2 Å². The summed E-state index contributed by atoms with van der Waals surface area (Å²) in [7, 11) is 0. The number of rotatable bonds is 2. The van der Waals surface area contributed by atoms with Gasteiger partial charge in [-0.2, -0.15) is 0 Å². The van der Waals surface area contributed by atoms with E-state index < -0.39 is 6.10 Å². The van der Waals surface area contributed by atoms with Crippen LogP contribution in [-0.2, 0) is 18.0 Å². The molecule has 1 atom stereocenters. The lowest BCUT2D eigenvalue weighted by molar-refractivity contribution is 0.134. The van der Waals surface area contributed by atoms with Crippen LogP contribution < -0.4 is 0 Å². The van der Waals surface area contributed by atoms with E-state index in [0.717, 1.165) is 11.1 Å². The maximum absolute atomic E-state index is 10.2. The Labute approximate surface area is 107 Å². The predicted molar refractivity (Wildman–Crippen MR) is 65.4 cm³/mol. The van der Waals surface area contributed by atoms with Crippen molar-refractivity contribution in [3.8, 4) is 0 Å². The number of aliphatic hydroxyl groups is 1. The Kier molecular flexibility index (Phi) is 2.78. The summed E-state index contributed by atoms with van der Waals surface area (Å²) >= 11 is 3.22. The van der Waals surface area contributed by atoms with Crippen molar-refractivity contribution in [1.29, 1.82) is 0 Å². The highest BCUT2D eigenvalue weighted by Crippen LogP contribution is 2.29. The summed E-state index contributed by atoms with van der Waals surface area (Å²) in [6, 6.07) is 9.42. The Balaban J connectivity index is 1.94. The summed E-state index contributed by atoms with van der Waals surface area (Å²) in [5.41, 5.74) is 3.17.